The molecular formula is C21H24BrN3O4S. The zero-order valence-corrected chi connectivity index (χ0v) is 19.3. The first kappa shape index (κ1) is 23.8. The number of anilines is 1. The van der Waals surface area contributed by atoms with Crippen molar-refractivity contribution >= 4 is 50.5 Å². The van der Waals surface area contributed by atoms with Crippen molar-refractivity contribution in [3.63, 3.8) is 0 Å². The highest BCUT2D eigenvalue weighted by atomic mass is 79.9. The molecule has 0 aliphatic carbocycles. The summed E-state index contributed by atoms with van der Waals surface area (Å²) >= 11 is 8.54. The lowest BCUT2D eigenvalue weighted by atomic mass is 10.2. The van der Waals surface area contributed by atoms with Crippen LogP contribution in [0.5, 0.6) is 5.75 Å². The maximum atomic E-state index is 12.8. The Kier molecular flexibility index (Phi) is 9.19. The number of nitro groups is 1. The first-order valence-electron chi connectivity index (χ1n) is 9.61. The molecule has 0 unspecified atom stereocenters. The van der Waals surface area contributed by atoms with E-state index in [4.69, 9.17) is 17.0 Å². The summed E-state index contributed by atoms with van der Waals surface area (Å²) in [6.07, 6.45) is 4.25. The third-order valence-electron chi connectivity index (χ3n) is 4.27. The summed E-state index contributed by atoms with van der Waals surface area (Å²) in [6, 6.07) is 9.87. The molecule has 160 valence electrons. The smallest absolute Gasteiger partial charge is 0.292 e. The normalized spacial score (nSPS) is 10.4. The molecule has 0 radical (unpaired) electrons. The highest BCUT2D eigenvalue weighted by Crippen LogP contribution is 2.26. The number of hydrogen-bond donors (Lipinski definition) is 2. The van der Waals surface area contributed by atoms with Crippen LogP contribution in [0.4, 0.5) is 11.4 Å². The lowest BCUT2D eigenvalue weighted by Gasteiger charge is -2.14. The van der Waals surface area contributed by atoms with Crippen LogP contribution >= 0.6 is 28.1 Å². The summed E-state index contributed by atoms with van der Waals surface area (Å²) in [6.45, 7) is 4.41. The average molecular weight is 494 g/mol. The van der Waals surface area contributed by atoms with Crippen LogP contribution < -0.4 is 15.4 Å². The van der Waals surface area contributed by atoms with Crippen LogP contribution in [0.25, 0.3) is 0 Å². The van der Waals surface area contributed by atoms with E-state index in [-0.39, 0.29) is 16.5 Å². The van der Waals surface area contributed by atoms with Gasteiger partial charge in [0.05, 0.1) is 17.1 Å². The van der Waals surface area contributed by atoms with Crippen LogP contribution in [0.1, 0.15) is 48.5 Å². The number of unbranched alkanes of at least 4 members (excludes halogenated alkanes) is 3. The van der Waals surface area contributed by atoms with Gasteiger partial charge >= 0.3 is 0 Å². The topological polar surface area (TPSA) is 93.5 Å². The van der Waals surface area contributed by atoms with Crippen LogP contribution in [-0.4, -0.2) is 22.5 Å². The van der Waals surface area contributed by atoms with Crippen molar-refractivity contribution in [3.8, 4) is 5.75 Å². The molecule has 1 amide bonds. The highest BCUT2D eigenvalue weighted by molar-refractivity contribution is 9.10. The predicted molar refractivity (Wildman–Crippen MR) is 125 cm³/mol. The lowest BCUT2D eigenvalue weighted by Crippen LogP contribution is -2.34. The van der Waals surface area contributed by atoms with Gasteiger partial charge in [-0.3, -0.25) is 20.2 Å². The van der Waals surface area contributed by atoms with Crippen molar-refractivity contribution in [1.82, 2.24) is 5.32 Å². The maximum absolute atomic E-state index is 12.8. The molecule has 0 fully saturated rings. The predicted octanol–water partition coefficient (Wildman–Crippen LogP) is 5.75. The van der Waals surface area contributed by atoms with E-state index in [1.165, 1.54) is 6.07 Å². The van der Waals surface area contributed by atoms with Crippen LogP contribution in [0, 0.1) is 17.0 Å². The van der Waals surface area contributed by atoms with Crippen molar-refractivity contribution < 1.29 is 14.5 Å². The molecule has 0 aliphatic rings. The largest absolute Gasteiger partial charge is 0.493 e. The summed E-state index contributed by atoms with van der Waals surface area (Å²) in [5.41, 5.74) is 1.15. The van der Waals surface area contributed by atoms with Crippen molar-refractivity contribution in [3.05, 3.63) is 62.1 Å². The van der Waals surface area contributed by atoms with Gasteiger partial charge in [-0.25, -0.2) is 0 Å². The number of aryl methyl sites for hydroxylation is 1. The number of ether oxygens (including phenoxy) is 1. The Morgan fingerprint density at radius 2 is 1.97 bits per heavy atom. The van der Waals surface area contributed by atoms with Gasteiger partial charge in [-0.2, -0.15) is 0 Å². The summed E-state index contributed by atoms with van der Waals surface area (Å²) in [5.74, 6) is -0.0107. The van der Waals surface area contributed by atoms with E-state index in [2.05, 4.69) is 33.5 Å². The van der Waals surface area contributed by atoms with Gasteiger partial charge in [0.2, 0.25) is 0 Å². The van der Waals surface area contributed by atoms with E-state index in [9.17, 15) is 14.9 Å². The maximum Gasteiger partial charge on any atom is 0.292 e. The lowest BCUT2D eigenvalue weighted by molar-refractivity contribution is -0.383. The third kappa shape index (κ3) is 7.07. The van der Waals surface area contributed by atoms with E-state index in [1.54, 1.807) is 37.3 Å². The minimum Gasteiger partial charge on any atom is -0.493 e. The van der Waals surface area contributed by atoms with Gasteiger partial charge in [0.15, 0.2) is 5.11 Å². The molecule has 0 saturated carbocycles. The Labute approximate surface area is 189 Å². The number of carbonyl (C=O) groups is 1. The molecule has 0 aliphatic heterocycles. The van der Waals surface area contributed by atoms with Crippen molar-refractivity contribution in [1.29, 1.82) is 0 Å². The summed E-state index contributed by atoms with van der Waals surface area (Å²) in [4.78, 5) is 23.5. The molecule has 7 nitrogen and oxygen atoms in total. The monoisotopic (exact) mass is 493 g/mol. The fourth-order valence-electron chi connectivity index (χ4n) is 2.74. The van der Waals surface area contributed by atoms with Crippen LogP contribution in [0.3, 0.4) is 0 Å². The fraction of sp³-hybridized carbons (Fsp3) is 0.333. The van der Waals surface area contributed by atoms with Gasteiger partial charge in [0.1, 0.15) is 11.4 Å². The van der Waals surface area contributed by atoms with Crippen LogP contribution in [0.15, 0.2) is 40.9 Å². The summed E-state index contributed by atoms with van der Waals surface area (Å²) in [5, 5.41) is 16.5. The first-order chi connectivity index (χ1) is 14.3. The van der Waals surface area contributed by atoms with E-state index in [1.807, 2.05) is 0 Å². The minimum absolute atomic E-state index is 0.0409. The van der Waals surface area contributed by atoms with Crippen molar-refractivity contribution in [2.75, 3.05) is 11.9 Å². The Morgan fingerprint density at radius 3 is 2.67 bits per heavy atom. The third-order valence-corrected chi connectivity index (χ3v) is 4.96. The molecule has 0 spiro atoms. The Hall–Kier alpha value is -2.52. The SMILES string of the molecule is CCCCCCOc1ccc(Br)cc1C(=O)NC(=S)Nc1ccc(C)cc1[N+](=O)[O-]. The van der Waals surface area contributed by atoms with Gasteiger partial charge in [0.25, 0.3) is 11.6 Å². The molecule has 2 rings (SSSR count). The molecule has 2 aromatic carbocycles. The molecule has 0 bridgehead atoms. The molecule has 0 heterocycles. The number of nitrogens with one attached hydrogen (secondary N) is 2. The Morgan fingerprint density at radius 1 is 1.20 bits per heavy atom. The number of carbonyl (C=O) groups excluding carboxylic acids is 1. The zero-order chi connectivity index (χ0) is 22.1. The van der Waals surface area contributed by atoms with Gasteiger partial charge in [0, 0.05) is 10.5 Å². The van der Waals surface area contributed by atoms with E-state index in [0.29, 0.717) is 17.9 Å². The number of hydrogen-bond acceptors (Lipinski definition) is 5. The van der Waals surface area contributed by atoms with Crippen LogP contribution in [0.2, 0.25) is 0 Å². The quantitative estimate of drug-likeness (QED) is 0.200. The van der Waals surface area contributed by atoms with Gasteiger partial charge < -0.3 is 10.1 Å². The molecule has 0 saturated heterocycles. The fourth-order valence-corrected chi connectivity index (χ4v) is 3.30. The Bertz CT molecular complexity index is 936. The second kappa shape index (κ2) is 11.6. The summed E-state index contributed by atoms with van der Waals surface area (Å²) < 4.78 is 6.51. The molecule has 0 aromatic heterocycles. The number of nitro benzene ring substituents is 1. The molecular weight excluding hydrogens is 470 g/mol. The van der Waals surface area contributed by atoms with E-state index < -0.39 is 10.8 Å². The number of nitrogens with zero attached hydrogens (tertiary/aromatic N) is 1. The molecule has 0 atom stereocenters. The Balaban J connectivity index is 2.07. The molecule has 30 heavy (non-hydrogen) atoms. The van der Waals surface area contributed by atoms with Crippen LogP contribution in [-0.2, 0) is 0 Å². The average Bonchev–Trinajstić information content (AvgIpc) is 2.69. The van der Waals surface area contributed by atoms with Gasteiger partial charge in [-0.1, -0.05) is 48.2 Å². The van der Waals surface area contributed by atoms with Gasteiger partial charge in [-0.15, -0.1) is 0 Å². The zero-order valence-electron chi connectivity index (χ0n) is 16.9. The molecule has 9 heteroatoms. The second-order valence-electron chi connectivity index (χ2n) is 6.74. The number of benzene rings is 2. The summed E-state index contributed by atoms with van der Waals surface area (Å²) in [7, 11) is 0. The highest BCUT2D eigenvalue weighted by Gasteiger charge is 2.18. The van der Waals surface area contributed by atoms with E-state index in [0.717, 1.165) is 35.7 Å². The second-order valence-corrected chi connectivity index (χ2v) is 8.06. The van der Waals surface area contributed by atoms with Crippen molar-refractivity contribution in [2.24, 2.45) is 0 Å². The first-order valence-corrected chi connectivity index (χ1v) is 10.8. The number of rotatable bonds is 9. The number of thiocarbonyl (C=S) groups is 1. The minimum atomic E-state index is -0.501. The van der Waals surface area contributed by atoms with Crippen molar-refractivity contribution in [2.45, 2.75) is 39.5 Å². The van der Waals surface area contributed by atoms with Gasteiger partial charge in [-0.05, 0) is 55.4 Å². The number of halogens is 1. The number of amides is 1. The molecule has 2 aromatic rings. The molecule has 2 N–H and O–H groups in total. The standard InChI is InChI=1S/C21H24BrN3O4S/c1-3-4-5-6-11-29-19-10-8-15(22)13-16(19)20(26)24-21(30)23-17-9-7-14(2)12-18(17)25(27)28/h7-10,12-13H,3-6,11H2,1-2H3,(H2,23,24,26,30). The van der Waals surface area contributed by atoms with E-state index >= 15 is 0 Å².